The van der Waals surface area contributed by atoms with Crippen molar-refractivity contribution in [1.29, 1.82) is 0 Å². The Morgan fingerprint density at radius 3 is 2.54 bits per heavy atom. The van der Waals surface area contributed by atoms with Crippen molar-refractivity contribution < 1.29 is 27.5 Å². The van der Waals surface area contributed by atoms with Crippen molar-refractivity contribution in [1.82, 2.24) is 4.98 Å². The highest BCUT2D eigenvalue weighted by Gasteiger charge is 2.31. The maximum absolute atomic E-state index is 12.6. The van der Waals surface area contributed by atoms with E-state index in [-0.39, 0.29) is 23.1 Å². The molecule has 3 rings (SSSR count). The zero-order valence-corrected chi connectivity index (χ0v) is 15.6. The monoisotopic (exact) mass is 409 g/mol. The summed E-state index contributed by atoms with van der Waals surface area (Å²) in [6.45, 7) is 3.70. The molecule has 1 aromatic heterocycles. The van der Waals surface area contributed by atoms with E-state index in [2.05, 4.69) is 9.98 Å². The van der Waals surface area contributed by atoms with E-state index in [0.717, 1.165) is 12.1 Å². The smallest absolute Gasteiger partial charge is 0.402 e. The van der Waals surface area contributed by atoms with Crippen LogP contribution < -0.4 is 4.90 Å². The second-order valence-electron chi connectivity index (χ2n) is 5.73. The van der Waals surface area contributed by atoms with E-state index in [0.29, 0.717) is 17.4 Å². The molecule has 2 aromatic rings. The van der Waals surface area contributed by atoms with E-state index in [1.54, 1.807) is 5.38 Å². The molecule has 0 spiro atoms. The quantitative estimate of drug-likeness (QED) is 0.568. The molecule has 1 aromatic carbocycles. The van der Waals surface area contributed by atoms with E-state index in [1.165, 1.54) is 41.4 Å². The predicted octanol–water partition coefficient (Wildman–Crippen LogP) is 3.88. The Balaban J connectivity index is 1.84. The third-order valence-electron chi connectivity index (χ3n) is 3.80. The number of carbonyl (C=O) groups is 2. The Hall–Kier alpha value is -3.01. The lowest BCUT2D eigenvalue weighted by molar-refractivity contribution is -0.137. The first-order valence-corrected chi connectivity index (χ1v) is 9.01. The molecular formula is C18H14F3N3O3S. The van der Waals surface area contributed by atoms with Gasteiger partial charge in [0.1, 0.15) is 0 Å². The van der Waals surface area contributed by atoms with Crippen LogP contribution in [0.5, 0.6) is 0 Å². The van der Waals surface area contributed by atoms with Crippen molar-refractivity contribution in [2.24, 2.45) is 4.99 Å². The van der Waals surface area contributed by atoms with Crippen LogP contribution in [-0.2, 0) is 20.5 Å². The number of ether oxygens (including phenoxy) is 1. The first-order chi connectivity index (χ1) is 13.2. The second kappa shape index (κ2) is 7.55. The fourth-order valence-electron chi connectivity index (χ4n) is 2.43. The number of rotatable bonds is 4. The van der Waals surface area contributed by atoms with E-state index >= 15 is 0 Å². The van der Waals surface area contributed by atoms with E-state index in [9.17, 15) is 22.8 Å². The average molecular weight is 409 g/mol. The molecule has 0 atom stereocenters. The highest BCUT2D eigenvalue weighted by Crippen LogP contribution is 2.30. The van der Waals surface area contributed by atoms with Gasteiger partial charge in [-0.15, -0.1) is 11.3 Å². The minimum atomic E-state index is -4.45. The van der Waals surface area contributed by atoms with Gasteiger partial charge in [0.2, 0.25) is 11.8 Å². The molecule has 0 radical (unpaired) electrons. The molecule has 0 N–H and O–H groups in total. The Kier molecular flexibility index (Phi) is 5.32. The molecule has 1 amide bonds. The number of carbonyl (C=O) groups excluding carboxylic acids is 2. The molecule has 0 fully saturated rings. The van der Waals surface area contributed by atoms with Crippen LogP contribution in [0.25, 0.3) is 6.08 Å². The third kappa shape index (κ3) is 4.11. The molecule has 0 unspecified atom stereocenters. The minimum absolute atomic E-state index is 0.0300. The number of hydrogen-bond acceptors (Lipinski definition) is 6. The van der Waals surface area contributed by atoms with Crippen molar-refractivity contribution in [2.45, 2.75) is 20.0 Å². The zero-order valence-electron chi connectivity index (χ0n) is 14.8. The molecule has 6 nitrogen and oxygen atoms in total. The number of halogens is 3. The standard InChI is InChI=1S/C18H14F3N3O3S/c1-3-24(10(2)25)17-22-13(9-28-17)8-14-16(26)27-15(23-14)11-4-6-12(7-5-11)18(19,20)21/h4-9H,3H2,1-2H3/b14-8-. The number of benzene rings is 1. The number of aliphatic imine (C=N–C) groups is 1. The van der Waals surface area contributed by atoms with Crippen LogP contribution in [0.2, 0.25) is 0 Å². The molecule has 0 saturated heterocycles. The van der Waals surface area contributed by atoms with Gasteiger partial charge in [0, 0.05) is 24.4 Å². The first kappa shape index (κ1) is 19.7. The summed E-state index contributed by atoms with van der Waals surface area (Å²) in [5.74, 6) is -0.971. The molecule has 146 valence electrons. The fourth-order valence-corrected chi connectivity index (χ4v) is 3.32. The van der Waals surface area contributed by atoms with E-state index in [1.807, 2.05) is 6.92 Å². The van der Waals surface area contributed by atoms with Crippen molar-refractivity contribution in [3.63, 3.8) is 0 Å². The Morgan fingerprint density at radius 2 is 1.96 bits per heavy atom. The number of hydrogen-bond donors (Lipinski definition) is 0. The Bertz CT molecular complexity index is 978. The fraction of sp³-hybridized carbons (Fsp3) is 0.222. The van der Waals surface area contributed by atoms with Crippen LogP contribution in [0.3, 0.4) is 0 Å². The summed E-state index contributed by atoms with van der Waals surface area (Å²) < 4.78 is 43.0. The summed E-state index contributed by atoms with van der Waals surface area (Å²) in [6.07, 6.45) is -3.06. The van der Waals surface area contributed by atoms with E-state index in [4.69, 9.17) is 4.74 Å². The van der Waals surface area contributed by atoms with Crippen molar-refractivity contribution in [2.75, 3.05) is 11.4 Å². The molecule has 10 heteroatoms. The number of amides is 1. The summed E-state index contributed by atoms with van der Waals surface area (Å²) in [6, 6.07) is 4.15. The van der Waals surface area contributed by atoms with Gasteiger partial charge in [0.05, 0.1) is 11.3 Å². The number of aromatic nitrogens is 1. The second-order valence-corrected chi connectivity index (χ2v) is 6.57. The van der Waals surface area contributed by atoms with Gasteiger partial charge >= 0.3 is 12.1 Å². The van der Waals surface area contributed by atoms with E-state index < -0.39 is 17.7 Å². The minimum Gasteiger partial charge on any atom is -0.402 e. The topological polar surface area (TPSA) is 71.9 Å². The third-order valence-corrected chi connectivity index (χ3v) is 4.68. The normalized spacial score (nSPS) is 15.5. The predicted molar refractivity (Wildman–Crippen MR) is 97.9 cm³/mol. The number of anilines is 1. The van der Waals surface area contributed by atoms with Gasteiger partial charge in [-0.3, -0.25) is 9.69 Å². The Labute approximate surface area is 162 Å². The van der Waals surface area contributed by atoms with Crippen LogP contribution in [0.4, 0.5) is 18.3 Å². The van der Waals surface area contributed by atoms with Crippen molar-refractivity contribution in [3.05, 3.63) is 52.2 Å². The summed E-state index contributed by atoms with van der Waals surface area (Å²) in [4.78, 5) is 33.4. The van der Waals surface area contributed by atoms with Gasteiger partial charge in [-0.2, -0.15) is 13.2 Å². The Morgan fingerprint density at radius 1 is 1.29 bits per heavy atom. The molecule has 1 aliphatic rings. The van der Waals surface area contributed by atoms with Gasteiger partial charge in [0.25, 0.3) is 0 Å². The number of thiazole rings is 1. The molecule has 0 aliphatic carbocycles. The first-order valence-electron chi connectivity index (χ1n) is 8.13. The molecule has 28 heavy (non-hydrogen) atoms. The van der Waals surface area contributed by atoms with Crippen LogP contribution in [0.15, 0.2) is 40.3 Å². The lowest BCUT2D eigenvalue weighted by Crippen LogP contribution is -2.27. The maximum atomic E-state index is 12.6. The summed E-state index contributed by atoms with van der Waals surface area (Å²) >= 11 is 1.24. The highest BCUT2D eigenvalue weighted by atomic mass is 32.1. The molecule has 0 saturated carbocycles. The highest BCUT2D eigenvalue weighted by molar-refractivity contribution is 7.14. The van der Waals surface area contributed by atoms with Crippen LogP contribution in [-0.4, -0.2) is 29.3 Å². The SMILES string of the molecule is CCN(C(C)=O)c1nc(/C=C2\N=C(c3ccc(C(F)(F)F)cc3)OC2=O)cs1. The summed E-state index contributed by atoms with van der Waals surface area (Å²) in [7, 11) is 0. The van der Waals surface area contributed by atoms with Gasteiger partial charge < -0.3 is 4.74 Å². The molecular weight excluding hydrogens is 395 g/mol. The van der Waals surface area contributed by atoms with Crippen LogP contribution in [0, 0.1) is 0 Å². The van der Waals surface area contributed by atoms with Crippen LogP contribution in [0.1, 0.15) is 30.7 Å². The molecule has 2 heterocycles. The van der Waals surface area contributed by atoms with Gasteiger partial charge in [-0.1, -0.05) is 0 Å². The molecule has 0 bridgehead atoms. The van der Waals surface area contributed by atoms with Gasteiger partial charge in [0.15, 0.2) is 10.8 Å². The number of esters is 1. The number of cyclic esters (lactones) is 1. The summed E-state index contributed by atoms with van der Waals surface area (Å²) in [5.41, 5.74) is -0.169. The van der Waals surface area contributed by atoms with Crippen molar-refractivity contribution in [3.8, 4) is 0 Å². The largest absolute Gasteiger partial charge is 0.416 e. The van der Waals surface area contributed by atoms with Gasteiger partial charge in [-0.25, -0.2) is 14.8 Å². The maximum Gasteiger partial charge on any atom is 0.416 e. The molecule has 1 aliphatic heterocycles. The average Bonchev–Trinajstić information content (AvgIpc) is 3.22. The number of alkyl halides is 3. The van der Waals surface area contributed by atoms with Crippen LogP contribution >= 0.6 is 11.3 Å². The lowest BCUT2D eigenvalue weighted by atomic mass is 10.1. The zero-order chi connectivity index (χ0) is 20.5. The lowest BCUT2D eigenvalue weighted by Gasteiger charge is -2.14. The summed E-state index contributed by atoms with van der Waals surface area (Å²) in [5, 5.41) is 2.15. The van der Waals surface area contributed by atoms with Crippen molar-refractivity contribution >= 4 is 40.3 Å². The van der Waals surface area contributed by atoms with Gasteiger partial charge in [-0.05, 0) is 37.3 Å². The number of nitrogens with zero attached hydrogens (tertiary/aromatic N) is 3.